The third-order valence-corrected chi connectivity index (χ3v) is 4.79. The highest BCUT2D eigenvalue weighted by atomic mass is 14.9. The molecule has 1 aromatic heterocycles. The van der Waals surface area contributed by atoms with Gasteiger partial charge in [-0.05, 0) is 59.4 Å². The Bertz CT molecular complexity index is 1010. The molecule has 0 amide bonds. The number of aromatic nitrogens is 2. The van der Waals surface area contributed by atoms with E-state index in [2.05, 4.69) is 71.4 Å². The number of allylic oxidation sites excluding steroid dienone is 1. The maximum absolute atomic E-state index is 4.67. The van der Waals surface area contributed by atoms with Gasteiger partial charge in [0.25, 0.3) is 0 Å². The molecule has 132 valence electrons. The smallest absolute Gasteiger partial charge is 0.0931 e. The summed E-state index contributed by atoms with van der Waals surface area (Å²) >= 11 is 0. The number of imidazole rings is 1. The standard InChI is InChI=1S/C22H24N4/c1-14(2)11-23-19-6-4-16(8-15(19)3)18-10-21(24-12-18)17-5-7-20-22(9-17)26-13-25-20/h4-9,12-14,23H,10-11H2,1-3H3,(H,25,26). The van der Waals surface area contributed by atoms with Gasteiger partial charge < -0.3 is 10.3 Å². The van der Waals surface area contributed by atoms with Gasteiger partial charge in [-0.25, -0.2) is 4.98 Å². The van der Waals surface area contributed by atoms with Gasteiger partial charge in [0.1, 0.15) is 0 Å². The van der Waals surface area contributed by atoms with Crippen LogP contribution in [0, 0.1) is 12.8 Å². The molecule has 0 fully saturated rings. The van der Waals surface area contributed by atoms with Crippen molar-refractivity contribution < 1.29 is 0 Å². The molecule has 4 nitrogen and oxygen atoms in total. The largest absolute Gasteiger partial charge is 0.385 e. The molecule has 0 radical (unpaired) electrons. The summed E-state index contributed by atoms with van der Waals surface area (Å²) in [5.74, 6) is 0.634. The number of fused-ring (bicyclic) bond motifs is 1. The van der Waals surface area contributed by atoms with E-state index in [0.29, 0.717) is 5.92 Å². The van der Waals surface area contributed by atoms with Gasteiger partial charge in [0, 0.05) is 24.9 Å². The van der Waals surface area contributed by atoms with Crippen LogP contribution in [0.5, 0.6) is 0 Å². The Morgan fingerprint density at radius 1 is 1.12 bits per heavy atom. The monoisotopic (exact) mass is 344 g/mol. The number of rotatable bonds is 5. The van der Waals surface area contributed by atoms with E-state index >= 15 is 0 Å². The van der Waals surface area contributed by atoms with Crippen LogP contribution in [0.15, 0.2) is 53.9 Å². The van der Waals surface area contributed by atoms with Crippen molar-refractivity contribution >= 4 is 28.0 Å². The molecule has 0 atom stereocenters. The Kier molecular flexibility index (Phi) is 4.33. The number of hydrogen-bond acceptors (Lipinski definition) is 3. The van der Waals surface area contributed by atoms with E-state index in [1.54, 1.807) is 6.33 Å². The second-order valence-electron chi connectivity index (χ2n) is 7.35. The third-order valence-electron chi connectivity index (χ3n) is 4.79. The Labute approximate surface area is 154 Å². The fourth-order valence-corrected chi connectivity index (χ4v) is 3.27. The van der Waals surface area contributed by atoms with E-state index in [9.17, 15) is 0 Å². The third kappa shape index (κ3) is 3.27. The Morgan fingerprint density at radius 2 is 1.96 bits per heavy atom. The van der Waals surface area contributed by atoms with Crippen LogP contribution in [0.2, 0.25) is 0 Å². The first-order chi connectivity index (χ1) is 12.6. The molecule has 0 spiro atoms. The molecule has 4 heteroatoms. The number of benzene rings is 2. The lowest BCUT2D eigenvalue weighted by atomic mass is 9.97. The molecule has 4 rings (SSSR count). The lowest BCUT2D eigenvalue weighted by molar-refractivity contribution is 0.688. The maximum atomic E-state index is 4.67. The minimum atomic E-state index is 0.634. The van der Waals surface area contributed by atoms with E-state index in [1.807, 2.05) is 12.3 Å². The zero-order valence-corrected chi connectivity index (χ0v) is 15.5. The van der Waals surface area contributed by atoms with E-state index in [0.717, 1.165) is 35.3 Å². The topological polar surface area (TPSA) is 53.1 Å². The van der Waals surface area contributed by atoms with Crippen molar-refractivity contribution in [1.82, 2.24) is 9.97 Å². The van der Waals surface area contributed by atoms with Crippen molar-refractivity contribution in [3.63, 3.8) is 0 Å². The Morgan fingerprint density at radius 3 is 2.77 bits per heavy atom. The summed E-state index contributed by atoms with van der Waals surface area (Å²) in [5, 5.41) is 3.52. The van der Waals surface area contributed by atoms with Gasteiger partial charge >= 0.3 is 0 Å². The van der Waals surface area contributed by atoms with Crippen LogP contribution in [-0.2, 0) is 0 Å². The summed E-state index contributed by atoms with van der Waals surface area (Å²) in [6.07, 6.45) is 4.59. The summed E-state index contributed by atoms with van der Waals surface area (Å²) in [4.78, 5) is 12.1. The van der Waals surface area contributed by atoms with Crippen LogP contribution >= 0.6 is 0 Å². The van der Waals surface area contributed by atoms with E-state index < -0.39 is 0 Å². The summed E-state index contributed by atoms with van der Waals surface area (Å²) in [5.41, 5.74) is 9.30. The minimum Gasteiger partial charge on any atom is -0.385 e. The zero-order valence-electron chi connectivity index (χ0n) is 15.5. The van der Waals surface area contributed by atoms with Crippen molar-refractivity contribution in [3.05, 3.63) is 65.6 Å². The maximum Gasteiger partial charge on any atom is 0.0931 e. The molecule has 1 aliphatic rings. The first-order valence-corrected chi connectivity index (χ1v) is 9.14. The van der Waals surface area contributed by atoms with Gasteiger partial charge in [0.05, 0.1) is 23.1 Å². The van der Waals surface area contributed by atoms with Crippen molar-refractivity contribution in [2.45, 2.75) is 27.2 Å². The molecule has 2 heterocycles. The first-order valence-electron chi connectivity index (χ1n) is 9.14. The van der Waals surface area contributed by atoms with Crippen LogP contribution in [0.25, 0.3) is 16.6 Å². The van der Waals surface area contributed by atoms with Crippen molar-refractivity contribution in [2.24, 2.45) is 10.9 Å². The lowest BCUT2D eigenvalue weighted by Crippen LogP contribution is -2.09. The molecule has 0 aliphatic carbocycles. The predicted octanol–water partition coefficient (Wildman–Crippen LogP) is 5.17. The summed E-state index contributed by atoms with van der Waals surface area (Å²) in [6.45, 7) is 7.60. The Hall–Kier alpha value is -2.88. The number of nitrogens with zero attached hydrogens (tertiary/aromatic N) is 2. The SMILES string of the molecule is Cc1cc(C2=CN=C(c3ccc4nc[nH]c4c3)C2)ccc1NCC(C)C. The summed E-state index contributed by atoms with van der Waals surface area (Å²) < 4.78 is 0. The highest BCUT2D eigenvalue weighted by Gasteiger charge is 2.15. The van der Waals surface area contributed by atoms with Crippen LogP contribution < -0.4 is 5.32 Å². The molecule has 0 saturated heterocycles. The molecule has 0 bridgehead atoms. The van der Waals surface area contributed by atoms with Gasteiger partial charge in [-0.2, -0.15) is 0 Å². The second-order valence-corrected chi connectivity index (χ2v) is 7.35. The van der Waals surface area contributed by atoms with E-state index in [4.69, 9.17) is 0 Å². The zero-order chi connectivity index (χ0) is 18.1. The molecule has 26 heavy (non-hydrogen) atoms. The van der Waals surface area contributed by atoms with Gasteiger partial charge in [-0.3, -0.25) is 4.99 Å². The number of hydrogen-bond donors (Lipinski definition) is 2. The van der Waals surface area contributed by atoms with Gasteiger partial charge in [-0.15, -0.1) is 0 Å². The van der Waals surface area contributed by atoms with Crippen LogP contribution in [0.1, 0.15) is 37.0 Å². The normalized spacial score (nSPS) is 14.0. The quantitative estimate of drug-likeness (QED) is 0.670. The molecule has 3 aromatic rings. The van der Waals surface area contributed by atoms with Gasteiger partial charge in [-0.1, -0.05) is 26.0 Å². The average molecular weight is 344 g/mol. The number of aliphatic imine (C=N–C) groups is 1. The number of aromatic amines is 1. The van der Waals surface area contributed by atoms with Crippen LogP contribution in [0.4, 0.5) is 5.69 Å². The fraction of sp³-hybridized carbons (Fsp3) is 0.273. The Balaban J connectivity index is 1.49. The number of nitrogens with one attached hydrogen (secondary N) is 2. The minimum absolute atomic E-state index is 0.634. The predicted molar refractivity (Wildman–Crippen MR) is 110 cm³/mol. The number of H-pyrrole nitrogens is 1. The first kappa shape index (κ1) is 16.6. The molecule has 0 saturated carbocycles. The highest BCUT2D eigenvalue weighted by molar-refractivity contribution is 6.10. The molecular weight excluding hydrogens is 320 g/mol. The second kappa shape index (κ2) is 6.79. The van der Waals surface area contributed by atoms with Crippen LogP contribution in [-0.4, -0.2) is 22.2 Å². The molecular formula is C22H24N4. The highest BCUT2D eigenvalue weighted by Crippen LogP contribution is 2.29. The summed E-state index contributed by atoms with van der Waals surface area (Å²) in [6, 6.07) is 12.9. The fourth-order valence-electron chi connectivity index (χ4n) is 3.27. The number of aryl methyl sites for hydroxylation is 1. The van der Waals surface area contributed by atoms with Gasteiger partial charge in [0.15, 0.2) is 0 Å². The number of anilines is 1. The molecule has 2 aromatic carbocycles. The average Bonchev–Trinajstić information content (AvgIpc) is 3.29. The van der Waals surface area contributed by atoms with E-state index in [1.165, 1.54) is 22.4 Å². The van der Waals surface area contributed by atoms with Crippen molar-refractivity contribution in [1.29, 1.82) is 0 Å². The molecule has 0 unspecified atom stereocenters. The lowest BCUT2D eigenvalue weighted by Gasteiger charge is -2.13. The molecule has 2 N–H and O–H groups in total. The van der Waals surface area contributed by atoms with Crippen molar-refractivity contribution in [2.75, 3.05) is 11.9 Å². The van der Waals surface area contributed by atoms with Crippen molar-refractivity contribution in [3.8, 4) is 0 Å². The van der Waals surface area contributed by atoms with E-state index in [-0.39, 0.29) is 0 Å². The van der Waals surface area contributed by atoms with Crippen LogP contribution in [0.3, 0.4) is 0 Å². The van der Waals surface area contributed by atoms with Gasteiger partial charge in [0.2, 0.25) is 0 Å². The summed E-state index contributed by atoms with van der Waals surface area (Å²) in [7, 11) is 0. The molecule has 1 aliphatic heterocycles.